The summed E-state index contributed by atoms with van der Waals surface area (Å²) in [7, 11) is 0. The highest BCUT2D eigenvalue weighted by molar-refractivity contribution is 5.38. The summed E-state index contributed by atoms with van der Waals surface area (Å²) in [6, 6.07) is 1.65. The van der Waals surface area contributed by atoms with E-state index < -0.39 is 0 Å². The molecule has 0 aliphatic heterocycles. The van der Waals surface area contributed by atoms with E-state index in [1.54, 1.807) is 12.3 Å². The molecule has 13 heavy (non-hydrogen) atoms. The maximum absolute atomic E-state index is 5.52. The zero-order valence-electron chi connectivity index (χ0n) is 7.57. The molecule has 0 bridgehead atoms. The van der Waals surface area contributed by atoms with Gasteiger partial charge in [-0.2, -0.15) is 4.98 Å². The van der Waals surface area contributed by atoms with Crippen molar-refractivity contribution in [1.29, 1.82) is 0 Å². The van der Waals surface area contributed by atoms with Crippen molar-refractivity contribution in [2.24, 2.45) is 0 Å². The molecule has 0 unspecified atom stereocenters. The summed E-state index contributed by atoms with van der Waals surface area (Å²) in [6.45, 7) is 3.26. The molecule has 1 rings (SSSR count). The Bertz CT molecular complexity index is 316. The Balaban J connectivity index is 2.86. The van der Waals surface area contributed by atoms with Crippen LogP contribution in [-0.4, -0.2) is 23.1 Å². The van der Waals surface area contributed by atoms with Gasteiger partial charge in [0.1, 0.15) is 5.82 Å². The van der Waals surface area contributed by atoms with Gasteiger partial charge in [-0.05, 0) is 13.0 Å². The van der Waals surface area contributed by atoms with Crippen LogP contribution in [0, 0.1) is 12.3 Å². The first kappa shape index (κ1) is 9.33. The smallest absolute Gasteiger partial charge is 0.228 e. The van der Waals surface area contributed by atoms with E-state index in [-0.39, 0.29) is 0 Å². The monoisotopic (exact) mass is 176 g/mol. The Kier molecular flexibility index (Phi) is 3.09. The number of terminal acetylenes is 1. The largest absolute Gasteiger partial charge is 0.384 e. The summed E-state index contributed by atoms with van der Waals surface area (Å²) >= 11 is 0. The zero-order valence-corrected chi connectivity index (χ0v) is 7.57. The molecule has 4 nitrogen and oxygen atoms in total. The van der Waals surface area contributed by atoms with Crippen molar-refractivity contribution >= 4 is 11.8 Å². The van der Waals surface area contributed by atoms with Crippen molar-refractivity contribution in [3.8, 4) is 12.3 Å². The molecular weight excluding hydrogens is 164 g/mol. The van der Waals surface area contributed by atoms with Gasteiger partial charge >= 0.3 is 0 Å². The Labute approximate surface area is 77.8 Å². The molecule has 0 amide bonds. The fourth-order valence-electron chi connectivity index (χ4n) is 0.948. The van der Waals surface area contributed by atoms with Gasteiger partial charge < -0.3 is 10.6 Å². The van der Waals surface area contributed by atoms with Gasteiger partial charge in [-0.3, -0.25) is 0 Å². The third kappa shape index (κ3) is 2.34. The van der Waals surface area contributed by atoms with Crippen LogP contribution in [0.15, 0.2) is 12.3 Å². The highest BCUT2D eigenvalue weighted by atomic mass is 15.2. The van der Waals surface area contributed by atoms with Gasteiger partial charge in [0.25, 0.3) is 0 Å². The summed E-state index contributed by atoms with van der Waals surface area (Å²) < 4.78 is 0. The van der Waals surface area contributed by atoms with Gasteiger partial charge in [0.2, 0.25) is 5.95 Å². The van der Waals surface area contributed by atoms with Crippen LogP contribution in [0.1, 0.15) is 6.92 Å². The van der Waals surface area contributed by atoms with Crippen molar-refractivity contribution in [1.82, 2.24) is 9.97 Å². The predicted molar refractivity (Wildman–Crippen MR) is 53.2 cm³/mol. The van der Waals surface area contributed by atoms with E-state index in [4.69, 9.17) is 12.2 Å². The van der Waals surface area contributed by atoms with Crippen LogP contribution < -0.4 is 10.6 Å². The quantitative estimate of drug-likeness (QED) is 0.682. The second-order valence-electron chi connectivity index (χ2n) is 2.50. The Hall–Kier alpha value is -1.76. The van der Waals surface area contributed by atoms with Crippen molar-refractivity contribution < 1.29 is 0 Å². The standard InChI is InChI=1S/C9H12N4/c1-3-7-13(4-2)9-11-6-5-8(10)12-9/h1,5-6H,4,7H2,2H3,(H2,10,11,12). The minimum Gasteiger partial charge on any atom is -0.384 e. The molecule has 4 heteroatoms. The number of nitrogens with two attached hydrogens (primary N) is 1. The summed E-state index contributed by atoms with van der Waals surface area (Å²) in [4.78, 5) is 10.0. The van der Waals surface area contributed by atoms with E-state index in [0.717, 1.165) is 6.54 Å². The second kappa shape index (κ2) is 4.31. The summed E-state index contributed by atoms with van der Waals surface area (Å²) in [6.07, 6.45) is 6.82. The highest BCUT2D eigenvalue weighted by Gasteiger charge is 2.04. The van der Waals surface area contributed by atoms with Crippen LogP contribution in [0.25, 0.3) is 0 Å². The van der Waals surface area contributed by atoms with Crippen LogP contribution in [0.5, 0.6) is 0 Å². The van der Waals surface area contributed by atoms with Crippen molar-refractivity contribution in [2.45, 2.75) is 6.92 Å². The lowest BCUT2D eigenvalue weighted by Gasteiger charge is -2.17. The van der Waals surface area contributed by atoms with Crippen LogP contribution >= 0.6 is 0 Å². The summed E-state index contributed by atoms with van der Waals surface area (Å²) in [5, 5.41) is 0. The van der Waals surface area contributed by atoms with Crippen LogP contribution in [0.2, 0.25) is 0 Å². The molecule has 0 radical (unpaired) electrons. The molecule has 1 aromatic rings. The van der Waals surface area contributed by atoms with Gasteiger partial charge in [0.05, 0.1) is 6.54 Å². The number of hydrogen-bond donors (Lipinski definition) is 1. The van der Waals surface area contributed by atoms with Gasteiger partial charge in [-0.15, -0.1) is 6.42 Å². The molecule has 0 aliphatic rings. The number of aromatic nitrogens is 2. The predicted octanol–water partition coefficient (Wildman–Crippen LogP) is 0.518. The first-order valence-corrected chi connectivity index (χ1v) is 4.05. The molecule has 0 aromatic carbocycles. The number of anilines is 2. The molecule has 0 saturated heterocycles. The number of hydrogen-bond acceptors (Lipinski definition) is 4. The zero-order chi connectivity index (χ0) is 9.68. The number of nitrogen functional groups attached to an aromatic ring is 1. The lowest BCUT2D eigenvalue weighted by Crippen LogP contribution is -2.25. The average Bonchev–Trinajstić information content (AvgIpc) is 2.14. The molecule has 0 spiro atoms. The number of rotatable bonds is 3. The molecule has 1 aromatic heterocycles. The molecule has 1 heterocycles. The van der Waals surface area contributed by atoms with Gasteiger partial charge in [0.15, 0.2) is 0 Å². The van der Waals surface area contributed by atoms with E-state index in [1.807, 2.05) is 11.8 Å². The lowest BCUT2D eigenvalue weighted by molar-refractivity contribution is 0.864. The first-order valence-electron chi connectivity index (χ1n) is 4.05. The van der Waals surface area contributed by atoms with E-state index in [1.165, 1.54) is 0 Å². The van der Waals surface area contributed by atoms with Gasteiger partial charge in [0, 0.05) is 12.7 Å². The molecule has 2 N–H and O–H groups in total. The minimum absolute atomic E-state index is 0.459. The molecule has 0 saturated carbocycles. The van der Waals surface area contributed by atoms with E-state index in [9.17, 15) is 0 Å². The van der Waals surface area contributed by atoms with Crippen LogP contribution in [0.3, 0.4) is 0 Å². The average molecular weight is 176 g/mol. The van der Waals surface area contributed by atoms with Gasteiger partial charge in [-0.1, -0.05) is 5.92 Å². The minimum atomic E-state index is 0.459. The molecule has 0 fully saturated rings. The fraction of sp³-hybridized carbons (Fsp3) is 0.333. The molecular formula is C9H12N4. The normalized spacial score (nSPS) is 9.23. The van der Waals surface area contributed by atoms with Crippen LogP contribution in [0.4, 0.5) is 11.8 Å². The van der Waals surface area contributed by atoms with Crippen molar-refractivity contribution in [3.05, 3.63) is 12.3 Å². The van der Waals surface area contributed by atoms with E-state index in [0.29, 0.717) is 18.3 Å². The first-order chi connectivity index (χ1) is 6.27. The fourth-order valence-corrected chi connectivity index (χ4v) is 0.948. The Morgan fingerprint density at radius 3 is 3.00 bits per heavy atom. The second-order valence-corrected chi connectivity index (χ2v) is 2.50. The third-order valence-corrected chi connectivity index (χ3v) is 1.61. The highest BCUT2D eigenvalue weighted by Crippen LogP contribution is 2.06. The Morgan fingerprint density at radius 1 is 1.69 bits per heavy atom. The number of nitrogens with zero attached hydrogens (tertiary/aromatic N) is 3. The summed E-state index contributed by atoms with van der Waals surface area (Å²) in [5.74, 6) is 3.58. The van der Waals surface area contributed by atoms with E-state index in [2.05, 4.69) is 15.9 Å². The topological polar surface area (TPSA) is 55.0 Å². The molecule has 0 aliphatic carbocycles. The maximum atomic E-state index is 5.52. The Morgan fingerprint density at radius 2 is 2.46 bits per heavy atom. The summed E-state index contributed by atoms with van der Waals surface area (Å²) in [5.41, 5.74) is 5.52. The van der Waals surface area contributed by atoms with Crippen molar-refractivity contribution in [3.63, 3.8) is 0 Å². The van der Waals surface area contributed by atoms with Crippen molar-refractivity contribution in [2.75, 3.05) is 23.7 Å². The lowest BCUT2D eigenvalue weighted by atomic mass is 10.5. The molecule has 68 valence electrons. The third-order valence-electron chi connectivity index (χ3n) is 1.61. The van der Waals surface area contributed by atoms with Crippen LogP contribution in [-0.2, 0) is 0 Å². The molecule has 0 atom stereocenters. The van der Waals surface area contributed by atoms with E-state index >= 15 is 0 Å². The SMILES string of the molecule is C#CCN(CC)c1nccc(N)n1. The van der Waals surface area contributed by atoms with Gasteiger partial charge in [-0.25, -0.2) is 4.98 Å². The maximum Gasteiger partial charge on any atom is 0.228 e.